The van der Waals surface area contributed by atoms with E-state index < -0.39 is 18.0 Å². The number of para-hydroxylation sites is 1. The molecule has 1 unspecified atom stereocenters. The Morgan fingerprint density at radius 3 is 2.46 bits per heavy atom. The molecule has 0 radical (unpaired) electrons. The van der Waals surface area contributed by atoms with Crippen molar-refractivity contribution in [2.75, 3.05) is 20.2 Å². The number of fused-ring (bicyclic) bond motifs is 1. The van der Waals surface area contributed by atoms with Crippen molar-refractivity contribution in [2.24, 2.45) is 11.8 Å². The Balaban J connectivity index is 1.56. The minimum Gasteiger partial charge on any atom is -0.492 e. The van der Waals surface area contributed by atoms with E-state index in [1.807, 2.05) is 31.2 Å². The Hall–Kier alpha value is -3.26. The first-order valence-electron chi connectivity index (χ1n) is 14.0. The number of hydrogen-bond acceptors (Lipinski definition) is 5. The molecule has 2 amide bonds. The quantitative estimate of drug-likeness (QED) is 0.624. The van der Waals surface area contributed by atoms with Gasteiger partial charge in [0.15, 0.2) is 5.78 Å². The zero-order valence-corrected chi connectivity index (χ0v) is 23.1. The second-order valence-electron chi connectivity index (χ2n) is 11.0. The first kappa shape index (κ1) is 28.7. The first-order chi connectivity index (χ1) is 18.7. The molecule has 4 rings (SSSR count). The van der Waals surface area contributed by atoms with E-state index in [4.69, 9.17) is 4.74 Å². The Kier molecular flexibility index (Phi) is 9.73. The molecule has 1 aliphatic heterocycles. The van der Waals surface area contributed by atoms with Crippen molar-refractivity contribution in [1.82, 2.24) is 15.5 Å². The van der Waals surface area contributed by atoms with Gasteiger partial charge in [0.25, 0.3) is 0 Å². The smallest absolute Gasteiger partial charge is 0.240 e. The molecule has 39 heavy (non-hydrogen) atoms. The molecule has 0 spiro atoms. The fraction of sp³-hybridized carbons (Fsp3) is 0.516. The molecular formula is C31H40FN3O4. The van der Waals surface area contributed by atoms with Crippen LogP contribution in [-0.4, -0.2) is 60.8 Å². The molecule has 2 aromatic rings. The van der Waals surface area contributed by atoms with E-state index in [0.29, 0.717) is 26.0 Å². The van der Waals surface area contributed by atoms with E-state index in [2.05, 4.69) is 10.6 Å². The van der Waals surface area contributed by atoms with Crippen molar-refractivity contribution in [3.05, 3.63) is 65.5 Å². The molecule has 0 bridgehead atoms. The Bertz CT molecular complexity index is 1150. The minimum atomic E-state index is -0.679. The number of hydrogen-bond donors (Lipinski definition) is 2. The average molecular weight is 538 g/mol. The molecule has 2 N–H and O–H groups in total. The molecule has 0 aromatic heterocycles. The van der Waals surface area contributed by atoms with Gasteiger partial charge in [-0.1, -0.05) is 30.3 Å². The highest BCUT2D eigenvalue weighted by molar-refractivity contribution is 5.93. The second-order valence-corrected chi connectivity index (χ2v) is 11.0. The van der Waals surface area contributed by atoms with Crippen molar-refractivity contribution in [1.29, 1.82) is 0 Å². The third-order valence-electron chi connectivity index (χ3n) is 7.82. The number of carbonyl (C=O) groups excluding carboxylic acids is 3. The van der Waals surface area contributed by atoms with Crippen molar-refractivity contribution in [2.45, 2.75) is 70.5 Å². The van der Waals surface area contributed by atoms with Crippen LogP contribution < -0.4 is 15.4 Å². The summed E-state index contributed by atoms with van der Waals surface area (Å²) in [5.41, 5.74) is 1.84. The number of aryl methyl sites for hydroxylation is 1. The molecule has 210 valence electrons. The summed E-state index contributed by atoms with van der Waals surface area (Å²) >= 11 is 0. The number of nitrogens with zero attached hydrogens (tertiary/aromatic N) is 1. The van der Waals surface area contributed by atoms with Gasteiger partial charge < -0.3 is 15.0 Å². The lowest BCUT2D eigenvalue weighted by Gasteiger charge is -2.31. The Morgan fingerprint density at radius 1 is 1.03 bits per heavy atom. The van der Waals surface area contributed by atoms with Gasteiger partial charge in [-0.05, 0) is 81.2 Å². The fourth-order valence-corrected chi connectivity index (χ4v) is 5.10. The summed E-state index contributed by atoms with van der Waals surface area (Å²) in [7, 11) is 1.66. The monoisotopic (exact) mass is 537 g/mol. The molecule has 0 saturated heterocycles. The zero-order chi connectivity index (χ0) is 27.9. The van der Waals surface area contributed by atoms with Crippen LogP contribution in [-0.2, 0) is 27.2 Å². The van der Waals surface area contributed by atoms with Crippen molar-refractivity contribution >= 4 is 17.6 Å². The van der Waals surface area contributed by atoms with Crippen LogP contribution in [0.5, 0.6) is 5.75 Å². The maximum Gasteiger partial charge on any atom is 0.240 e. The van der Waals surface area contributed by atoms with Gasteiger partial charge in [0, 0.05) is 32.0 Å². The highest BCUT2D eigenvalue weighted by Crippen LogP contribution is 2.34. The second kappa shape index (κ2) is 13.2. The van der Waals surface area contributed by atoms with Crippen LogP contribution in [0.25, 0.3) is 0 Å². The summed E-state index contributed by atoms with van der Waals surface area (Å²) in [6.45, 7) is 4.59. The molecule has 1 saturated carbocycles. The van der Waals surface area contributed by atoms with E-state index in [-0.39, 0.29) is 41.8 Å². The molecule has 1 aliphatic carbocycles. The standard InChI is InChI=1S/C31H40FN3O4/c1-20-19-39-28-9-5-4-7-23(28)8-6-16-33-30(37)25(17-22-10-14-26(32)15-11-22)18-27(36)21(2)35(3)31(38)29(34-20)24-12-13-24/h4-5,7,9-11,14-15,20-21,24-25,29,34H,6,8,12-13,16-19H2,1-3H3,(H,33,37)/t20?,21-,25+,29+/m1/s1. The van der Waals surface area contributed by atoms with E-state index in [0.717, 1.165) is 36.1 Å². The topological polar surface area (TPSA) is 87.7 Å². The minimum absolute atomic E-state index is 0.00338. The molecule has 2 aliphatic rings. The van der Waals surface area contributed by atoms with Crippen LogP contribution in [0.4, 0.5) is 4.39 Å². The molecule has 1 fully saturated rings. The predicted octanol–water partition coefficient (Wildman–Crippen LogP) is 3.69. The number of rotatable bonds is 3. The van der Waals surface area contributed by atoms with Gasteiger partial charge in [-0.25, -0.2) is 4.39 Å². The van der Waals surface area contributed by atoms with Crippen LogP contribution in [0, 0.1) is 17.7 Å². The molecule has 2 aromatic carbocycles. The largest absolute Gasteiger partial charge is 0.492 e. The van der Waals surface area contributed by atoms with Gasteiger partial charge in [-0.2, -0.15) is 0 Å². The van der Waals surface area contributed by atoms with E-state index in [1.54, 1.807) is 26.1 Å². The number of ketones is 1. The van der Waals surface area contributed by atoms with Crippen LogP contribution >= 0.6 is 0 Å². The molecular weight excluding hydrogens is 497 g/mol. The number of likely N-dealkylation sites (N-methyl/N-ethyl adjacent to an activating group) is 1. The van der Waals surface area contributed by atoms with Gasteiger partial charge in [0.05, 0.1) is 12.1 Å². The Labute approximate surface area is 230 Å². The number of halogens is 1. The SMILES string of the molecule is CC1COc2ccccc2CCCNC(=O)[C@@H](Cc2ccc(F)cc2)CC(=O)[C@@H](C)N(C)C(=O)[C@H](C2CC2)N1. The van der Waals surface area contributed by atoms with Gasteiger partial charge in [-0.15, -0.1) is 0 Å². The normalized spacial score (nSPS) is 26.2. The number of benzene rings is 2. The number of Topliss-reactive ketones (excluding diaryl/α,β-unsaturated/α-hetero) is 1. The maximum absolute atomic E-state index is 13.5. The van der Waals surface area contributed by atoms with Crippen LogP contribution in [0.3, 0.4) is 0 Å². The van der Waals surface area contributed by atoms with Crippen molar-refractivity contribution in [3.8, 4) is 5.75 Å². The van der Waals surface area contributed by atoms with Crippen LogP contribution in [0.15, 0.2) is 48.5 Å². The van der Waals surface area contributed by atoms with Crippen LogP contribution in [0.1, 0.15) is 50.7 Å². The van der Waals surface area contributed by atoms with E-state index in [1.165, 1.54) is 17.0 Å². The van der Waals surface area contributed by atoms with Gasteiger partial charge >= 0.3 is 0 Å². The van der Waals surface area contributed by atoms with Crippen molar-refractivity contribution < 1.29 is 23.5 Å². The van der Waals surface area contributed by atoms with Crippen LogP contribution in [0.2, 0.25) is 0 Å². The predicted molar refractivity (Wildman–Crippen MR) is 148 cm³/mol. The fourth-order valence-electron chi connectivity index (χ4n) is 5.10. The summed E-state index contributed by atoms with van der Waals surface area (Å²) in [6, 6.07) is 12.7. The van der Waals surface area contributed by atoms with Gasteiger partial charge in [0.1, 0.15) is 18.2 Å². The number of carbonyl (C=O) groups is 3. The number of amides is 2. The summed E-state index contributed by atoms with van der Waals surface area (Å²) in [5, 5.41) is 6.46. The number of nitrogens with one attached hydrogen (secondary N) is 2. The molecule has 4 atom stereocenters. The maximum atomic E-state index is 13.5. The number of ether oxygens (including phenoxy) is 1. The summed E-state index contributed by atoms with van der Waals surface area (Å²) in [5.74, 6) is -0.444. The third kappa shape index (κ3) is 7.88. The van der Waals surface area contributed by atoms with E-state index >= 15 is 0 Å². The molecule has 8 heteroatoms. The van der Waals surface area contributed by atoms with Crippen molar-refractivity contribution in [3.63, 3.8) is 0 Å². The lowest BCUT2D eigenvalue weighted by atomic mass is 9.91. The van der Waals surface area contributed by atoms with Gasteiger partial charge in [-0.3, -0.25) is 19.7 Å². The lowest BCUT2D eigenvalue weighted by Crippen LogP contribution is -2.54. The molecule has 1 heterocycles. The lowest BCUT2D eigenvalue weighted by molar-refractivity contribution is -0.140. The van der Waals surface area contributed by atoms with E-state index in [9.17, 15) is 18.8 Å². The summed E-state index contributed by atoms with van der Waals surface area (Å²) in [6.07, 6.45) is 3.68. The summed E-state index contributed by atoms with van der Waals surface area (Å²) in [4.78, 5) is 41.7. The zero-order valence-electron chi connectivity index (χ0n) is 23.1. The first-order valence-corrected chi connectivity index (χ1v) is 14.0. The third-order valence-corrected chi connectivity index (χ3v) is 7.82. The highest BCUT2D eigenvalue weighted by atomic mass is 19.1. The van der Waals surface area contributed by atoms with Gasteiger partial charge in [0.2, 0.25) is 11.8 Å². The molecule has 7 nitrogen and oxygen atoms in total. The Morgan fingerprint density at radius 2 is 1.74 bits per heavy atom. The highest BCUT2D eigenvalue weighted by Gasteiger charge is 2.40. The summed E-state index contributed by atoms with van der Waals surface area (Å²) < 4.78 is 19.6. The average Bonchev–Trinajstić information content (AvgIpc) is 3.78.